The van der Waals surface area contributed by atoms with Gasteiger partial charge in [-0.05, 0) is 49.4 Å². The lowest BCUT2D eigenvalue weighted by Gasteiger charge is -2.21. The van der Waals surface area contributed by atoms with Crippen molar-refractivity contribution < 1.29 is 9.13 Å². The van der Waals surface area contributed by atoms with Gasteiger partial charge in [0.1, 0.15) is 11.6 Å². The lowest BCUT2D eigenvalue weighted by molar-refractivity contribution is 0.393. The predicted octanol–water partition coefficient (Wildman–Crippen LogP) is 3.31. The van der Waals surface area contributed by atoms with Gasteiger partial charge >= 0.3 is 0 Å². The second kappa shape index (κ2) is 6.60. The smallest absolute Gasteiger partial charge is 0.123 e. The summed E-state index contributed by atoms with van der Waals surface area (Å²) in [6.07, 6.45) is 1.86. The second-order valence-electron chi connectivity index (χ2n) is 4.79. The van der Waals surface area contributed by atoms with Crippen LogP contribution in [0.2, 0.25) is 0 Å². The molecular formula is C14H22FNO. The van der Waals surface area contributed by atoms with Crippen LogP contribution in [0.15, 0.2) is 18.2 Å². The molecule has 0 fully saturated rings. The van der Waals surface area contributed by atoms with Crippen LogP contribution >= 0.6 is 0 Å². The van der Waals surface area contributed by atoms with Crippen LogP contribution in [0.3, 0.4) is 0 Å². The molecule has 1 unspecified atom stereocenters. The Bertz CT molecular complexity index is 352. The number of methoxy groups -OCH3 is 1. The molecule has 2 N–H and O–H groups in total. The van der Waals surface area contributed by atoms with Gasteiger partial charge in [-0.1, -0.05) is 13.8 Å². The van der Waals surface area contributed by atoms with Crippen molar-refractivity contribution in [1.82, 2.24) is 0 Å². The highest BCUT2D eigenvalue weighted by Crippen LogP contribution is 2.33. The molecule has 0 aliphatic heterocycles. The van der Waals surface area contributed by atoms with Crippen molar-refractivity contribution in [2.24, 2.45) is 11.7 Å². The highest BCUT2D eigenvalue weighted by Gasteiger charge is 2.17. The van der Waals surface area contributed by atoms with E-state index in [9.17, 15) is 4.39 Å². The van der Waals surface area contributed by atoms with Crippen molar-refractivity contribution in [2.75, 3.05) is 13.7 Å². The predicted molar refractivity (Wildman–Crippen MR) is 68.8 cm³/mol. The molecule has 0 aromatic heterocycles. The molecule has 17 heavy (non-hydrogen) atoms. The number of ether oxygens (including phenoxy) is 1. The Morgan fingerprint density at radius 2 is 2.06 bits per heavy atom. The van der Waals surface area contributed by atoms with Crippen LogP contribution in [0.4, 0.5) is 4.39 Å². The molecule has 1 aromatic rings. The minimum absolute atomic E-state index is 0.216. The van der Waals surface area contributed by atoms with Crippen LogP contribution in [-0.2, 0) is 0 Å². The summed E-state index contributed by atoms with van der Waals surface area (Å²) in [7, 11) is 1.62. The van der Waals surface area contributed by atoms with Crippen molar-refractivity contribution >= 4 is 0 Å². The number of rotatable bonds is 6. The quantitative estimate of drug-likeness (QED) is 0.826. The van der Waals surface area contributed by atoms with E-state index in [-0.39, 0.29) is 11.7 Å². The molecule has 1 atom stereocenters. The maximum Gasteiger partial charge on any atom is 0.123 e. The van der Waals surface area contributed by atoms with Gasteiger partial charge in [-0.25, -0.2) is 4.39 Å². The first-order valence-corrected chi connectivity index (χ1v) is 6.12. The number of nitrogens with two attached hydrogens (primary N) is 1. The van der Waals surface area contributed by atoms with Crippen LogP contribution in [-0.4, -0.2) is 13.7 Å². The van der Waals surface area contributed by atoms with Gasteiger partial charge in [0.25, 0.3) is 0 Å². The van der Waals surface area contributed by atoms with Crippen molar-refractivity contribution in [1.29, 1.82) is 0 Å². The number of benzene rings is 1. The molecule has 96 valence electrons. The SMILES string of the molecule is COc1ccc(F)cc1C(CCN)CC(C)C. The Hall–Kier alpha value is -1.09. The normalized spacial score (nSPS) is 12.8. The van der Waals surface area contributed by atoms with E-state index in [1.165, 1.54) is 6.07 Å². The summed E-state index contributed by atoms with van der Waals surface area (Å²) in [4.78, 5) is 0. The van der Waals surface area contributed by atoms with Crippen LogP contribution in [0.5, 0.6) is 5.75 Å². The summed E-state index contributed by atoms with van der Waals surface area (Å²) in [5, 5.41) is 0. The molecule has 1 aromatic carbocycles. The maximum absolute atomic E-state index is 13.3. The van der Waals surface area contributed by atoms with E-state index >= 15 is 0 Å². The molecule has 0 saturated heterocycles. The molecule has 1 rings (SSSR count). The van der Waals surface area contributed by atoms with Gasteiger partial charge in [0, 0.05) is 5.56 Å². The summed E-state index contributed by atoms with van der Waals surface area (Å²) in [6.45, 7) is 4.93. The Morgan fingerprint density at radius 3 is 2.59 bits per heavy atom. The molecule has 0 aliphatic rings. The zero-order valence-corrected chi connectivity index (χ0v) is 10.9. The van der Waals surface area contributed by atoms with Crippen LogP contribution in [0.25, 0.3) is 0 Å². The van der Waals surface area contributed by atoms with E-state index in [2.05, 4.69) is 13.8 Å². The largest absolute Gasteiger partial charge is 0.496 e. The summed E-state index contributed by atoms with van der Waals surface area (Å²) in [5.74, 6) is 1.36. The van der Waals surface area contributed by atoms with E-state index < -0.39 is 0 Å². The van der Waals surface area contributed by atoms with E-state index in [4.69, 9.17) is 10.5 Å². The van der Waals surface area contributed by atoms with Gasteiger partial charge in [0.15, 0.2) is 0 Å². The highest BCUT2D eigenvalue weighted by atomic mass is 19.1. The standard InChI is InChI=1S/C14H22FNO/c1-10(2)8-11(6-7-16)13-9-12(15)4-5-14(13)17-3/h4-5,9-11H,6-8,16H2,1-3H3. The first-order valence-electron chi connectivity index (χ1n) is 6.12. The Labute approximate surface area is 103 Å². The molecule has 0 radical (unpaired) electrons. The molecule has 0 heterocycles. The maximum atomic E-state index is 13.3. The van der Waals surface area contributed by atoms with Gasteiger partial charge in [0.05, 0.1) is 7.11 Å². The lowest BCUT2D eigenvalue weighted by atomic mass is 9.87. The third kappa shape index (κ3) is 4.00. The highest BCUT2D eigenvalue weighted by molar-refractivity contribution is 5.36. The van der Waals surface area contributed by atoms with E-state index in [0.717, 1.165) is 24.2 Å². The van der Waals surface area contributed by atoms with Gasteiger partial charge < -0.3 is 10.5 Å². The Morgan fingerprint density at radius 1 is 1.35 bits per heavy atom. The summed E-state index contributed by atoms with van der Waals surface area (Å²) in [5.41, 5.74) is 6.57. The van der Waals surface area contributed by atoms with E-state index in [1.54, 1.807) is 19.2 Å². The topological polar surface area (TPSA) is 35.2 Å². The number of halogens is 1. The minimum Gasteiger partial charge on any atom is -0.496 e. The molecule has 0 spiro atoms. The third-order valence-corrected chi connectivity index (χ3v) is 2.90. The van der Waals surface area contributed by atoms with Crippen molar-refractivity contribution in [3.8, 4) is 5.75 Å². The van der Waals surface area contributed by atoms with E-state index in [0.29, 0.717) is 12.5 Å². The van der Waals surface area contributed by atoms with Gasteiger partial charge in [-0.3, -0.25) is 0 Å². The lowest BCUT2D eigenvalue weighted by Crippen LogP contribution is -2.11. The van der Waals surface area contributed by atoms with Crippen molar-refractivity contribution in [3.63, 3.8) is 0 Å². The van der Waals surface area contributed by atoms with Gasteiger partial charge in [-0.15, -0.1) is 0 Å². The molecule has 0 amide bonds. The Balaban J connectivity index is 3.02. The van der Waals surface area contributed by atoms with Crippen LogP contribution < -0.4 is 10.5 Å². The summed E-state index contributed by atoms with van der Waals surface area (Å²) < 4.78 is 18.6. The zero-order valence-electron chi connectivity index (χ0n) is 10.9. The second-order valence-corrected chi connectivity index (χ2v) is 4.79. The van der Waals surface area contributed by atoms with Gasteiger partial charge in [-0.2, -0.15) is 0 Å². The van der Waals surface area contributed by atoms with Crippen molar-refractivity contribution in [2.45, 2.75) is 32.6 Å². The summed E-state index contributed by atoms with van der Waals surface area (Å²) >= 11 is 0. The number of hydrogen-bond acceptors (Lipinski definition) is 2. The van der Waals surface area contributed by atoms with E-state index in [1.807, 2.05) is 0 Å². The van der Waals surface area contributed by atoms with Crippen molar-refractivity contribution in [3.05, 3.63) is 29.6 Å². The molecule has 3 heteroatoms. The molecule has 2 nitrogen and oxygen atoms in total. The summed E-state index contributed by atoms with van der Waals surface area (Å²) in [6, 6.07) is 4.69. The monoisotopic (exact) mass is 239 g/mol. The fraction of sp³-hybridized carbons (Fsp3) is 0.571. The third-order valence-electron chi connectivity index (χ3n) is 2.90. The molecular weight excluding hydrogens is 217 g/mol. The molecule has 0 bridgehead atoms. The van der Waals surface area contributed by atoms with Crippen LogP contribution in [0, 0.1) is 11.7 Å². The zero-order chi connectivity index (χ0) is 12.8. The first kappa shape index (κ1) is 14.0. The average molecular weight is 239 g/mol. The number of hydrogen-bond donors (Lipinski definition) is 1. The Kier molecular flexibility index (Phi) is 5.42. The fourth-order valence-electron chi connectivity index (χ4n) is 2.19. The average Bonchev–Trinajstić information content (AvgIpc) is 2.28. The molecule has 0 saturated carbocycles. The molecule has 0 aliphatic carbocycles. The van der Waals surface area contributed by atoms with Crippen LogP contribution in [0.1, 0.15) is 38.2 Å². The first-order chi connectivity index (χ1) is 8.08. The fourth-order valence-corrected chi connectivity index (χ4v) is 2.19. The minimum atomic E-state index is -0.216. The van der Waals surface area contributed by atoms with Gasteiger partial charge in [0.2, 0.25) is 0 Å².